The molecular formula is C37H47F4N3O7. The van der Waals surface area contributed by atoms with E-state index < -0.39 is 95.4 Å². The summed E-state index contributed by atoms with van der Waals surface area (Å²) in [5.74, 6) is -12.3. The second kappa shape index (κ2) is 16.0. The highest BCUT2D eigenvalue weighted by Gasteiger charge is 2.46. The highest BCUT2D eigenvalue weighted by Crippen LogP contribution is 2.40. The largest absolute Gasteiger partial charge is 0.485 e. The molecule has 1 aliphatic carbocycles. The molecule has 10 nitrogen and oxygen atoms in total. The SMILES string of the molecule is CC(C)(C)OC(=O)C[C@H](NC(=O)C1CCN(C(=O)C(=O)Nc2ccccc2C(C)(C)C)C2CCCCC12)C(O)COc1c(F)c(F)cc(F)c1F. The van der Waals surface area contributed by atoms with Crippen LogP contribution in [0.15, 0.2) is 30.3 Å². The monoisotopic (exact) mass is 721 g/mol. The summed E-state index contributed by atoms with van der Waals surface area (Å²) in [5.41, 5.74) is 0.180. The van der Waals surface area contributed by atoms with E-state index in [4.69, 9.17) is 9.47 Å². The number of hydrogen-bond acceptors (Lipinski definition) is 7. The molecule has 1 saturated carbocycles. The number of esters is 1. The standard InChI is InChI=1S/C37H47F4N3O7/c1-36(2,3)22-12-8-9-13-25(22)42-34(48)35(49)44-16-15-21(20-11-7-10-14-27(20)44)33(47)43-26(18-29(46)51-37(4,5)6)28(45)19-50-32-30(40)23(38)17-24(39)31(32)41/h8-9,12-13,17,20-21,26-28,45H,7,10-11,14-16,18-19H2,1-6H3,(H,42,48)(H,43,47)/t20?,21?,26-,27?,28?/m0/s1. The summed E-state index contributed by atoms with van der Waals surface area (Å²) in [4.78, 5) is 55.1. The molecule has 2 aromatic rings. The van der Waals surface area contributed by atoms with E-state index in [0.717, 1.165) is 18.4 Å². The smallest absolute Gasteiger partial charge is 0.313 e. The molecule has 0 aromatic heterocycles. The second-order valence-electron chi connectivity index (χ2n) is 15.2. The minimum atomic E-state index is -1.81. The molecule has 0 radical (unpaired) electrons. The van der Waals surface area contributed by atoms with Crippen molar-refractivity contribution in [1.29, 1.82) is 0 Å². The first-order valence-corrected chi connectivity index (χ1v) is 17.2. The third-order valence-corrected chi connectivity index (χ3v) is 9.22. The van der Waals surface area contributed by atoms with Gasteiger partial charge in [-0.25, -0.2) is 8.78 Å². The van der Waals surface area contributed by atoms with Gasteiger partial charge in [0.15, 0.2) is 17.4 Å². The van der Waals surface area contributed by atoms with E-state index in [9.17, 15) is 41.8 Å². The summed E-state index contributed by atoms with van der Waals surface area (Å²) in [6.45, 7) is 9.99. The normalized spacial score (nSPS) is 20.5. The Morgan fingerprint density at radius 2 is 1.57 bits per heavy atom. The predicted molar refractivity (Wildman–Crippen MR) is 180 cm³/mol. The van der Waals surface area contributed by atoms with Crippen molar-refractivity contribution >= 4 is 29.4 Å². The minimum absolute atomic E-state index is 0.00933. The van der Waals surface area contributed by atoms with Crippen molar-refractivity contribution in [2.45, 2.75) is 109 Å². The van der Waals surface area contributed by atoms with Crippen molar-refractivity contribution in [2.24, 2.45) is 11.8 Å². The highest BCUT2D eigenvalue weighted by atomic mass is 19.2. The molecule has 0 bridgehead atoms. The Kier molecular flexibility index (Phi) is 12.4. The zero-order valence-electron chi connectivity index (χ0n) is 29.8. The van der Waals surface area contributed by atoms with Gasteiger partial charge in [0.25, 0.3) is 0 Å². The fourth-order valence-electron chi connectivity index (χ4n) is 6.88. The Labute approximate surface area is 295 Å². The molecule has 1 heterocycles. The van der Waals surface area contributed by atoms with Crippen LogP contribution >= 0.6 is 0 Å². The average molecular weight is 722 g/mol. The number of piperidine rings is 1. The van der Waals surface area contributed by atoms with E-state index >= 15 is 0 Å². The van der Waals surface area contributed by atoms with Crippen LogP contribution in [-0.2, 0) is 29.3 Å². The topological polar surface area (TPSA) is 134 Å². The number of fused-ring (bicyclic) bond motifs is 1. The summed E-state index contributed by atoms with van der Waals surface area (Å²) in [6.07, 6.45) is 0.511. The fourth-order valence-corrected chi connectivity index (χ4v) is 6.88. The second-order valence-corrected chi connectivity index (χ2v) is 15.2. The van der Waals surface area contributed by atoms with E-state index in [0.29, 0.717) is 18.5 Å². The molecule has 5 atom stereocenters. The zero-order chi connectivity index (χ0) is 37.8. The molecule has 0 spiro atoms. The average Bonchev–Trinajstić information content (AvgIpc) is 3.05. The lowest BCUT2D eigenvalue weighted by atomic mass is 9.71. The Hall–Kier alpha value is -4.20. The Bertz CT molecular complexity index is 1600. The van der Waals surface area contributed by atoms with Crippen LogP contribution in [-0.4, -0.2) is 70.6 Å². The summed E-state index contributed by atoms with van der Waals surface area (Å²) in [7, 11) is 0. The van der Waals surface area contributed by atoms with Crippen LogP contribution in [0.4, 0.5) is 23.2 Å². The zero-order valence-corrected chi connectivity index (χ0v) is 29.8. The number of hydrogen-bond donors (Lipinski definition) is 3. The number of amides is 3. The number of nitrogens with zero attached hydrogens (tertiary/aromatic N) is 1. The van der Waals surface area contributed by atoms with Crippen LogP contribution in [0.3, 0.4) is 0 Å². The van der Waals surface area contributed by atoms with E-state index in [1.165, 1.54) is 4.90 Å². The Balaban J connectivity index is 1.50. The van der Waals surface area contributed by atoms with Gasteiger partial charge in [0.05, 0.1) is 12.5 Å². The molecule has 3 amide bonds. The van der Waals surface area contributed by atoms with Crippen molar-refractivity contribution in [3.63, 3.8) is 0 Å². The van der Waals surface area contributed by atoms with Gasteiger partial charge < -0.3 is 30.1 Å². The number of aliphatic hydroxyl groups excluding tert-OH is 1. The number of halogens is 4. The van der Waals surface area contributed by atoms with Gasteiger partial charge in [0.2, 0.25) is 17.5 Å². The lowest BCUT2D eigenvalue weighted by Crippen LogP contribution is -2.59. The van der Waals surface area contributed by atoms with Gasteiger partial charge in [-0.2, -0.15) is 8.78 Å². The van der Waals surface area contributed by atoms with Crippen molar-refractivity contribution in [3.05, 3.63) is 59.2 Å². The number of carbonyl (C=O) groups is 4. The number of nitrogens with one attached hydrogen (secondary N) is 2. The molecule has 4 rings (SSSR count). The summed E-state index contributed by atoms with van der Waals surface area (Å²) >= 11 is 0. The van der Waals surface area contributed by atoms with E-state index in [2.05, 4.69) is 10.6 Å². The molecule has 1 saturated heterocycles. The first-order valence-electron chi connectivity index (χ1n) is 17.2. The molecule has 51 heavy (non-hydrogen) atoms. The summed E-state index contributed by atoms with van der Waals surface area (Å²) in [6, 6.07) is 5.44. The molecule has 2 fully saturated rings. The number of aliphatic hydroxyl groups is 1. The number of benzene rings is 2. The van der Waals surface area contributed by atoms with Crippen molar-refractivity contribution in [1.82, 2.24) is 10.2 Å². The Morgan fingerprint density at radius 1 is 0.941 bits per heavy atom. The van der Waals surface area contributed by atoms with Gasteiger partial charge >= 0.3 is 17.8 Å². The van der Waals surface area contributed by atoms with Crippen LogP contribution in [0.5, 0.6) is 5.75 Å². The van der Waals surface area contributed by atoms with Gasteiger partial charge in [-0.3, -0.25) is 19.2 Å². The number of anilines is 1. The number of rotatable bonds is 9. The number of likely N-dealkylation sites (tertiary alicyclic amines) is 1. The maximum Gasteiger partial charge on any atom is 0.313 e. The highest BCUT2D eigenvalue weighted by molar-refractivity contribution is 6.39. The van der Waals surface area contributed by atoms with Crippen LogP contribution in [0, 0.1) is 35.1 Å². The molecule has 280 valence electrons. The number of para-hydroxylation sites is 1. The van der Waals surface area contributed by atoms with Crippen molar-refractivity contribution < 1.29 is 51.3 Å². The minimum Gasteiger partial charge on any atom is -0.485 e. The molecule has 1 aliphatic heterocycles. The van der Waals surface area contributed by atoms with E-state index in [1.54, 1.807) is 32.9 Å². The van der Waals surface area contributed by atoms with Gasteiger partial charge in [-0.05, 0) is 63.0 Å². The van der Waals surface area contributed by atoms with Crippen LogP contribution < -0.4 is 15.4 Å². The fraction of sp³-hybridized carbons (Fsp3) is 0.568. The summed E-state index contributed by atoms with van der Waals surface area (Å²) in [5, 5.41) is 16.4. The first-order chi connectivity index (χ1) is 23.8. The quantitative estimate of drug-likeness (QED) is 0.134. The van der Waals surface area contributed by atoms with Gasteiger partial charge in [0.1, 0.15) is 18.3 Å². The molecule has 4 unspecified atom stereocenters. The molecular weight excluding hydrogens is 674 g/mol. The maximum absolute atomic E-state index is 14.2. The van der Waals surface area contributed by atoms with E-state index in [1.807, 2.05) is 32.9 Å². The lowest BCUT2D eigenvalue weighted by molar-refractivity contribution is -0.157. The third kappa shape index (κ3) is 9.78. The van der Waals surface area contributed by atoms with Crippen molar-refractivity contribution in [3.8, 4) is 5.75 Å². The molecule has 3 N–H and O–H groups in total. The lowest BCUT2D eigenvalue weighted by Gasteiger charge is -2.47. The maximum atomic E-state index is 14.2. The molecule has 2 aliphatic rings. The van der Waals surface area contributed by atoms with Crippen LogP contribution in [0.1, 0.15) is 85.6 Å². The first kappa shape index (κ1) is 39.6. The van der Waals surface area contributed by atoms with Crippen molar-refractivity contribution in [2.75, 3.05) is 18.5 Å². The van der Waals surface area contributed by atoms with Crippen LogP contribution in [0.2, 0.25) is 0 Å². The molecule has 14 heteroatoms. The Morgan fingerprint density at radius 3 is 2.20 bits per heavy atom. The molecule has 2 aromatic carbocycles. The van der Waals surface area contributed by atoms with Gasteiger partial charge in [-0.15, -0.1) is 0 Å². The van der Waals surface area contributed by atoms with Gasteiger partial charge in [0, 0.05) is 30.3 Å². The van der Waals surface area contributed by atoms with E-state index in [-0.39, 0.29) is 30.4 Å². The van der Waals surface area contributed by atoms with Crippen LogP contribution in [0.25, 0.3) is 0 Å². The van der Waals surface area contributed by atoms with Gasteiger partial charge in [-0.1, -0.05) is 51.8 Å². The predicted octanol–water partition coefficient (Wildman–Crippen LogP) is 5.54. The number of ether oxygens (including phenoxy) is 2. The number of carbonyl (C=O) groups excluding carboxylic acids is 4. The summed E-state index contributed by atoms with van der Waals surface area (Å²) < 4.78 is 66.2. The third-order valence-electron chi connectivity index (χ3n) is 9.22.